The third-order valence-corrected chi connectivity index (χ3v) is 10.0. The molecule has 0 fully saturated rings. The fourth-order valence-corrected chi connectivity index (χ4v) is 7.73. The van der Waals surface area contributed by atoms with Crippen molar-refractivity contribution in [3.8, 4) is 6.07 Å². The number of halogens is 1. The summed E-state index contributed by atoms with van der Waals surface area (Å²) in [7, 11) is -2.43. The summed E-state index contributed by atoms with van der Waals surface area (Å²) < 4.78 is 34.1. The van der Waals surface area contributed by atoms with Crippen molar-refractivity contribution in [3.05, 3.63) is 63.3 Å². The third kappa shape index (κ3) is 7.50. The van der Waals surface area contributed by atoms with Crippen LogP contribution in [0.2, 0.25) is 0 Å². The first-order valence-corrected chi connectivity index (χ1v) is 17.2. The first-order valence-electron chi connectivity index (χ1n) is 14.7. The van der Waals surface area contributed by atoms with Gasteiger partial charge >= 0.3 is 6.09 Å². The van der Waals surface area contributed by atoms with Crippen molar-refractivity contribution in [2.75, 3.05) is 28.2 Å². The number of carbonyl (C=O) groups excluding carboxylic acids is 2. The molecule has 1 heterocycles. The summed E-state index contributed by atoms with van der Waals surface area (Å²) in [6.45, 7) is 5.93. The molecule has 0 saturated heterocycles. The molecule has 12 heteroatoms. The number of hydrogen-bond donors (Lipinski definition) is 3. The Hall–Kier alpha value is -3.69. The Kier molecular flexibility index (Phi) is 10.9. The third-order valence-electron chi connectivity index (χ3n) is 7.91. The zero-order chi connectivity index (χ0) is 32.0. The number of rotatable bonds is 11. The zero-order valence-electron chi connectivity index (χ0n) is 25.4. The van der Waals surface area contributed by atoms with Gasteiger partial charge in [0.15, 0.2) is 5.78 Å². The maximum absolute atomic E-state index is 13.6. The van der Waals surface area contributed by atoms with Crippen LogP contribution in [-0.2, 0) is 26.1 Å². The van der Waals surface area contributed by atoms with Crippen molar-refractivity contribution in [1.29, 1.82) is 5.26 Å². The minimum absolute atomic E-state index is 0.00708. The van der Waals surface area contributed by atoms with E-state index in [0.717, 1.165) is 24.1 Å². The summed E-state index contributed by atoms with van der Waals surface area (Å²) in [4.78, 5) is 30.2. The van der Waals surface area contributed by atoms with Crippen molar-refractivity contribution in [1.82, 2.24) is 0 Å². The van der Waals surface area contributed by atoms with Crippen LogP contribution < -0.4 is 15.4 Å². The fourth-order valence-electron chi connectivity index (χ4n) is 5.97. The van der Waals surface area contributed by atoms with E-state index in [2.05, 4.69) is 44.3 Å². The van der Waals surface area contributed by atoms with Crippen molar-refractivity contribution in [3.63, 3.8) is 0 Å². The quantitative estimate of drug-likeness (QED) is 0.228. The number of hydrogen-bond acceptors (Lipinski definition) is 8. The van der Waals surface area contributed by atoms with Crippen LogP contribution in [0.5, 0.6) is 0 Å². The minimum Gasteiger partial charge on any atom is -0.453 e. The lowest BCUT2D eigenvalue weighted by atomic mass is 9.70. The van der Waals surface area contributed by atoms with Crippen LogP contribution in [0.25, 0.3) is 0 Å². The monoisotopic (exact) mass is 683 g/mol. The molecule has 1 amide bonds. The molecule has 0 radical (unpaired) electrons. The highest BCUT2D eigenvalue weighted by Crippen LogP contribution is 2.47. The second kappa shape index (κ2) is 14.4. The number of anilines is 3. The van der Waals surface area contributed by atoms with E-state index in [1.165, 1.54) is 7.11 Å². The fraction of sp³-hybridized carbons (Fsp3) is 0.438. The maximum Gasteiger partial charge on any atom is 0.411 e. The minimum atomic E-state index is -3.71. The first-order chi connectivity index (χ1) is 21.0. The second-order valence-corrected chi connectivity index (χ2v) is 13.9. The molecular formula is C32H38BrN5O5S. The van der Waals surface area contributed by atoms with E-state index in [1.807, 2.05) is 25.1 Å². The molecule has 4 rings (SSSR count). The van der Waals surface area contributed by atoms with Crippen LogP contribution in [0.15, 0.2) is 57.1 Å². The number of Topliss-reactive ketones (excluding diaryl/α,β-unsaturated/α-hetero) is 1. The Labute approximate surface area is 267 Å². The van der Waals surface area contributed by atoms with Gasteiger partial charge in [-0.15, -0.1) is 0 Å². The molecule has 2 aromatic rings. The number of benzene rings is 2. The highest BCUT2D eigenvalue weighted by molar-refractivity contribution is 9.10. The van der Waals surface area contributed by atoms with E-state index in [4.69, 9.17) is 9.73 Å². The largest absolute Gasteiger partial charge is 0.453 e. The number of methoxy groups -OCH3 is 1. The number of ketones is 1. The standard InChI is InChI=1S/C32H38BrN5O5S/c1-5-9-20-13-26-30(28(39)14-20)29(23(17-34)19(3)36-26)22-15-24(33)31(27(16-22)38-44(41,42)12-6-2)35-18-21-10-7-8-11-25(21)37-32(40)43-4/h7-8,10-11,15-16,20,23,29,35,38H,5-6,9,12-14,18H2,1-4H3,(H,37,40). The van der Waals surface area contributed by atoms with Gasteiger partial charge in [-0.05, 0) is 77.4 Å². The summed E-state index contributed by atoms with van der Waals surface area (Å²) in [5.41, 5.74) is 4.60. The predicted molar refractivity (Wildman–Crippen MR) is 176 cm³/mol. The normalized spacial score (nSPS) is 19.9. The van der Waals surface area contributed by atoms with Gasteiger partial charge in [0, 0.05) is 46.0 Å². The molecule has 3 unspecified atom stereocenters. The molecule has 2 aliphatic rings. The Balaban J connectivity index is 1.79. The average molecular weight is 685 g/mol. The zero-order valence-corrected chi connectivity index (χ0v) is 27.8. The average Bonchev–Trinajstić information content (AvgIpc) is 2.96. The number of amides is 1. The van der Waals surface area contributed by atoms with Crippen LogP contribution in [0.3, 0.4) is 0 Å². The lowest BCUT2D eigenvalue weighted by molar-refractivity contribution is -0.117. The lowest BCUT2D eigenvalue weighted by Crippen LogP contribution is -2.33. The van der Waals surface area contributed by atoms with Gasteiger partial charge in [-0.3, -0.25) is 19.8 Å². The number of aliphatic imine (C=N–C) groups is 1. The maximum atomic E-state index is 13.6. The number of sulfonamides is 1. The summed E-state index contributed by atoms with van der Waals surface area (Å²) >= 11 is 3.64. The van der Waals surface area contributed by atoms with Gasteiger partial charge < -0.3 is 10.1 Å². The van der Waals surface area contributed by atoms with Crippen molar-refractivity contribution in [2.45, 2.75) is 65.3 Å². The van der Waals surface area contributed by atoms with Crippen LogP contribution in [-0.4, -0.2) is 38.9 Å². The highest BCUT2D eigenvalue weighted by atomic mass is 79.9. The van der Waals surface area contributed by atoms with Crippen LogP contribution >= 0.6 is 15.9 Å². The smallest absolute Gasteiger partial charge is 0.411 e. The van der Waals surface area contributed by atoms with Gasteiger partial charge in [0.05, 0.1) is 36.2 Å². The van der Waals surface area contributed by atoms with E-state index in [9.17, 15) is 23.3 Å². The SMILES string of the molecule is CCCC1CC(=O)C2=C(C1)N=C(C)C(C#N)C2c1cc(Br)c(NCc2ccccc2NC(=O)OC)c(NS(=O)(=O)CCC)c1. The van der Waals surface area contributed by atoms with Crippen LogP contribution in [0.4, 0.5) is 21.9 Å². The molecule has 234 valence electrons. The number of nitriles is 1. The second-order valence-electron chi connectivity index (χ2n) is 11.2. The molecule has 44 heavy (non-hydrogen) atoms. The summed E-state index contributed by atoms with van der Waals surface area (Å²) in [5.74, 6) is -1.14. The van der Waals surface area contributed by atoms with E-state index in [0.29, 0.717) is 52.0 Å². The number of nitrogens with one attached hydrogen (secondary N) is 3. The van der Waals surface area contributed by atoms with Gasteiger partial charge in [-0.1, -0.05) is 38.5 Å². The molecule has 10 nitrogen and oxygen atoms in total. The Morgan fingerprint density at radius 3 is 2.59 bits per heavy atom. The van der Waals surface area contributed by atoms with E-state index < -0.39 is 28.0 Å². The molecule has 3 N–H and O–H groups in total. The number of allylic oxidation sites excluding steroid dienone is 2. The van der Waals surface area contributed by atoms with Crippen molar-refractivity contribution >= 4 is 60.6 Å². The number of ether oxygens (including phenoxy) is 1. The van der Waals surface area contributed by atoms with Crippen LogP contribution in [0.1, 0.15) is 69.9 Å². The molecule has 0 aromatic heterocycles. The molecule has 1 aliphatic carbocycles. The first kappa shape index (κ1) is 33.2. The Morgan fingerprint density at radius 2 is 1.91 bits per heavy atom. The Morgan fingerprint density at radius 1 is 1.16 bits per heavy atom. The van der Waals surface area contributed by atoms with Gasteiger partial charge in [-0.25, -0.2) is 13.2 Å². The summed E-state index contributed by atoms with van der Waals surface area (Å²) in [6, 6.07) is 13.1. The number of carbonyl (C=O) groups is 2. The lowest BCUT2D eigenvalue weighted by Gasteiger charge is -2.35. The number of para-hydroxylation sites is 1. The van der Waals surface area contributed by atoms with Crippen molar-refractivity contribution in [2.24, 2.45) is 16.8 Å². The molecule has 0 spiro atoms. The molecule has 1 aliphatic heterocycles. The van der Waals surface area contributed by atoms with Gasteiger partial charge in [0.1, 0.15) is 0 Å². The highest BCUT2D eigenvalue weighted by Gasteiger charge is 2.41. The summed E-state index contributed by atoms with van der Waals surface area (Å²) in [6.07, 6.45) is 2.80. The Bertz CT molecular complexity index is 1650. The molecular weight excluding hydrogens is 646 g/mol. The van der Waals surface area contributed by atoms with Crippen LogP contribution in [0, 0.1) is 23.2 Å². The molecule has 3 atom stereocenters. The van der Waals surface area contributed by atoms with Gasteiger partial charge in [0.25, 0.3) is 0 Å². The predicted octanol–water partition coefficient (Wildman–Crippen LogP) is 7.12. The number of nitrogens with zero attached hydrogens (tertiary/aromatic N) is 2. The van der Waals surface area contributed by atoms with E-state index >= 15 is 0 Å². The summed E-state index contributed by atoms with van der Waals surface area (Å²) in [5, 5.41) is 16.2. The molecule has 0 bridgehead atoms. The van der Waals surface area contributed by atoms with Crippen molar-refractivity contribution < 1.29 is 22.7 Å². The topological polar surface area (TPSA) is 150 Å². The van der Waals surface area contributed by atoms with Gasteiger partial charge in [-0.2, -0.15) is 5.26 Å². The molecule has 2 aromatic carbocycles. The van der Waals surface area contributed by atoms with Gasteiger partial charge in [0.2, 0.25) is 10.0 Å². The van der Waals surface area contributed by atoms with E-state index in [-0.39, 0.29) is 29.7 Å². The van der Waals surface area contributed by atoms with E-state index in [1.54, 1.807) is 25.1 Å². The molecule has 0 saturated carbocycles.